The van der Waals surface area contributed by atoms with Crippen LogP contribution in [0.1, 0.15) is 26.7 Å². The van der Waals surface area contributed by atoms with Gasteiger partial charge in [-0.15, -0.1) is 22.7 Å². The first-order valence-electron chi connectivity index (χ1n) is 8.02. The fraction of sp³-hybridized carbons (Fsp3) is 0.263. The maximum atomic E-state index is 12.1. The van der Waals surface area contributed by atoms with E-state index in [0.29, 0.717) is 19.6 Å². The Kier molecular flexibility index (Phi) is 5.83. The molecule has 0 saturated heterocycles. The van der Waals surface area contributed by atoms with Crippen LogP contribution >= 0.6 is 22.7 Å². The van der Waals surface area contributed by atoms with Crippen LogP contribution in [0, 0.1) is 13.8 Å². The molecule has 2 aromatic heterocycles. The van der Waals surface area contributed by atoms with Gasteiger partial charge in [0.15, 0.2) is 0 Å². The largest absolute Gasteiger partial charge is 0.486 e. The highest BCUT2D eigenvalue weighted by atomic mass is 32.1. The molecule has 0 spiro atoms. The third-order valence-corrected chi connectivity index (χ3v) is 5.63. The van der Waals surface area contributed by atoms with Crippen LogP contribution in [0.3, 0.4) is 0 Å². The van der Waals surface area contributed by atoms with E-state index in [0.717, 1.165) is 16.5 Å². The minimum atomic E-state index is -0.0101. The van der Waals surface area contributed by atoms with Gasteiger partial charge in [0.05, 0.1) is 18.7 Å². The number of aromatic nitrogens is 1. The number of ether oxygens (including phenoxy) is 1. The molecule has 1 amide bonds. The van der Waals surface area contributed by atoms with Gasteiger partial charge in [-0.1, -0.05) is 17.7 Å². The van der Waals surface area contributed by atoms with E-state index in [1.807, 2.05) is 41.9 Å². The number of carbonyl (C=O) groups is 1. The molecule has 0 aliphatic heterocycles. The number of hydrogen-bond donors (Lipinski definition) is 1. The van der Waals surface area contributed by atoms with Gasteiger partial charge in [-0.05, 0) is 43.0 Å². The first-order chi connectivity index (χ1) is 12.1. The molecule has 4 nitrogen and oxygen atoms in total. The Labute approximate surface area is 155 Å². The highest BCUT2D eigenvalue weighted by molar-refractivity contribution is 7.10. The number of thiophene rings is 1. The molecule has 130 valence electrons. The number of nitrogens with one attached hydrogen (secondary N) is 1. The summed E-state index contributed by atoms with van der Waals surface area (Å²) in [5.41, 5.74) is 3.20. The van der Waals surface area contributed by atoms with E-state index in [2.05, 4.69) is 23.3 Å². The van der Waals surface area contributed by atoms with Crippen LogP contribution in [0.15, 0.2) is 41.1 Å². The van der Waals surface area contributed by atoms with Crippen LogP contribution in [0.4, 0.5) is 0 Å². The fourth-order valence-electron chi connectivity index (χ4n) is 2.27. The van der Waals surface area contributed by atoms with Gasteiger partial charge in [0.25, 0.3) is 0 Å². The predicted octanol–water partition coefficient (Wildman–Crippen LogP) is 4.26. The lowest BCUT2D eigenvalue weighted by Gasteiger charge is -2.04. The molecule has 0 unspecified atom stereocenters. The molecule has 0 atom stereocenters. The zero-order chi connectivity index (χ0) is 17.6. The Hall–Kier alpha value is -2.18. The van der Waals surface area contributed by atoms with Crippen molar-refractivity contribution in [3.8, 4) is 5.75 Å². The van der Waals surface area contributed by atoms with Crippen LogP contribution < -0.4 is 10.1 Å². The molecule has 25 heavy (non-hydrogen) atoms. The van der Waals surface area contributed by atoms with Crippen LogP contribution in [-0.2, 0) is 24.4 Å². The molecule has 1 aromatic carbocycles. The number of rotatable bonds is 7. The van der Waals surface area contributed by atoms with E-state index < -0.39 is 0 Å². The summed E-state index contributed by atoms with van der Waals surface area (Å²) >= 11 is 3.18. The SMILES string of the molecule is Cc1ccc(OCc2nc(CC(=O)NCc3sccc3C)cs2)cc1. The standard InChI is InChI=1S/C19H20N2O2S2/c1-13-3-5-16(6-4-13)23-11-19-21-15(12-25-19)9-18(22)20-10-17-14(2)7-8-24-17/h3-8,12H,9-11H2,1-2H3,(H,20,22). The number of nitrogens with zero attached hydrogens (tertiary/aromatic N) is 1. The van der Waals surface area contributed by atoms with Gasteiger partial charge in [-0.3, -0.25) is 4.79 Å². The topological polar surface area (TPSA) is 51.2 Å². The number of thiazole rings is 1. The van der Waals surface area contributed by atoms with E-state index in [1.165, 1.54) is 27.3 Å². The first kappa shape index (κ1) is 17.6. The van der Waals surface area contributed by atoms with Crippen molar-refractivity contribution in [2.75, 3.05) is 0 Å². The van der Waals surface area contributed by atoms with Crippen molar-refractivity contribution in [2.45, 2.75) is 33.4 Å². The lowest BCUT2D eigenvalue weighted by molar-refractivity contribution is -0.120. The number of amides is 1. The van der Waals surface area contributed by atoms with Gasteiger partial charge >= 0.3 is 0 Å². The van der Waals surface area contributed by atoms with Crippen molar-refractivity contribution in [1.82, 2.24) is 10.3 Å². The molecule has 2 heterocycles. The molecule has 0 radical (unpaired) electrons. The van der Waals surface area contributed by atoms with Crippen LogP contribution in [0.25, 0.3) is 0 Å². The maximum Gasteiger partial charge on any atom is 0.226 e. The Morgan fingerprint density at radius 1 is 1.16 bits per heavy atom. The normalized spacial score (nSPS) is 10.6. The summed E-state index contributed by atoms with van der Waals surface area (Å²) in [6, 6.07) is 9.99. The summed E-state index contributed by atoms with van der Waals surface area (Å²) in [5.74, 6) is 0.815. The summed E-state index contributed by atoms with van der Waals surface area (Å²) in [7, 11) is 0. The van der Waals surface area contributed by atoms with Gasteiger partial charge in [0, 0.05) is 10.3 Å². The second kappa shape index (κ2) is 8.27. The number of benzene rings is 1. The highest BCUT2D eigenvalue weighted by Crippen LogP contribution is 2.17. The van der Waals surface area contributed by atoms with E-state index in [1.54, 1.807) is 11.3 Å². The summed E-state index contributed by atoms with van der Waals surface area (Å²) < 4.78 is 5.72. The molecule has 0 aliphatic rings. The van der Waals surface area contributed by atoms with Crippen molar-refractivity contribution >= 4 is 28.6 Å². The maximum absolute atomic E-state index is 12.1. The summed E-state index contributed by atoms with van der Waals surface area (Å²) in [6.45, 7) is 5.10. The molecule has 0 aliphatic carbocycles. The zero-order valence-electron chi connectivity index (χ0n) is 14.2. The van der Waals surface area contributed by atoms with Crippen molar-refractivity contribution in [3.05, 3.63) is 67.8 Å². The van der Waals surface area contributed by atoms with Crippen LogP contribution in [0.2, 0.25) is 0 Å². The third kappa shape index (κ3) is 5.14. The van der Waals surface area contributed by atoms with Crippen LogP contribution in [0.5, 0.6) is 5.75 Å². The third-order valence-electron chi connectivity index (χ3n) is 3.74. The number of aryl methyl sites for hydroxylation is 2. The summed E-state index contributed by atoms with van der Waals surface area (Å²) in [6.07, 6.45) is 0.297. The second-order valence-electron chi connectivity index (χ2n) is 5.81. The summed E-state index contributed by atoms with van der Waals surface area (Å²) in [5, 5.41) is 7.78. The molecular weight excluding hydrogens is 352 g/mol. The van der Waals surface area contributed by atoms with Gasteiger partial charge in [-0.2, -0.15) is 0 Å². The van der Waals surface area contributed by atoms with Crippen molar-refractivity contribution < 1.29 is 9.53 Å². The van der Waals surface area contributed by atoms with Gasteiger partial charge in [0.2, 0.25) is 5.91 Å². The van der Waals surface area contributed by atoms with E-state index in [9.17, 15) is 4.79 Å². The Morgan fingerprint density at radius 2 is 1.96 bits per heavy atom. The fourth-order valence-corrected chi connectivity index (χ4v) is 3.82. The Morgan fingerprint density at radius 3 is 2.68 bits per heavy atom. The smallest absolute Gasteiger partial charge is 0.226 e. The Bertz CT molecular complexity index is 837. The first-order valence-corrected chi connectivity index (χ1v) is 9.78. The quantitative estimate of drug-likeness (QED) is 0.674. The lowest BCUT2D eigenvalue weighted by atomic mass is 10.2. The average Bonchev–Trinajstić information content (AvgIpc) is 3.21. The minimum absolute atomic E-state index is 0.0101. The van der Waals surface area contributed by atoms with Crippen molar-refractivity contribution in [1.29, 1.82) is 0 Å². The molecular formula is C19H20N2O2S2. The zero-order valence-corrected chi connectivity index (χ0v) is 15.9. The molecule has 0 bridgehead atoms. The molecule has 3 aromatic rings. The van der Waals surface area contributed by atoms with Crippen molar-refractivity contribution in [3.63, 3.8) is 0 Å². The van der Waals surface area contributed by atoms with Crippen LogP contribution in [-0.4, -0.2) is 10.9 Å². The van der Waals surface area contributed by atoms with Gasteiger partial charge in [0.1, 0.15) is 17.4 Å². The van der Waals surface area contributed by atoms with Gasteiger partial charge in [-0.25, -0.2) is 4.98 Å². The minimum Gasteiger partial charge on any atom is -0.486 e. The molecule has 3 rings (SSSR count). The van der Waals surface area contributed by atoms with E-state index >= 15 is 0 Å². The average molecular weight is 373 g/mol. The number of hydrogen-bond acceptors (Lipinski definition) is 5. The van der Waals surface area contributed by atoms with Crippen molar-refractivity contribution in [2.24, 2.45) is 0 Å². The highest BCUT2D eigenvalue weighted by Gasteiger charge is 2.09. The molecule has 0 fully saturated rings. The second-order valence-corrected chi connectivity index (χ2v) is 7.76. The van der Waals surface area contributed by atoms with Gasteiger partial charge < -0.3 is 10.1 Å². The van der Waals surface area contributed by atoms with E-state index in [4.69, 9.17) is 4.74 Å². The molecule has 6 heteroatoms. The predicted molar refractivity (Wildman–Crippen MR) is 102 cm³/mol. The van der Waals surface area contributed by atoms with E-state index in [-0.39, 0.29) is 5.91 Å². The Balaban J connectivity index is 1.46. The molecule has 1 N–H and O–H groups in total. The monoisotopic (exact) mass is 372 g/mol. The molecule has 0 saturated carbocycles. The summed E-state index contributed by atoms with van der Waals surface area (Å²) in [4.78, 5) is 17.7. The number of carbonyl (C=O) groups excluding carboxylic acids is 1. The lowest BCUT2D eigenvalue weighted by Crippen LogP contribution is -2.24.